The van der Waals surface area contributed by atoms with Gasteiger partial charge in [0.1, 0.15) is 0 Å². The minimum absolute atomic E-state index is 0.117. The quantitative estimate of drug-likeness (QED) is 0.769. The highest BCUT2D eigenvalue weighted by molar-refractivity contribution is 7.92. The largest absolute Gasteiger partial charge is 0.465 e. The normalized spacial score (nSPS) is 11.9. The smallest absolute Gasteiger partial charge is 0.418 e. The molecule has 0 saturated carbocycles. The number of rotatable bonds is 4. The molecular formula is C16H13ClF3NO4S. The van der Waals surface area contributed by atoms with Crippen molar-refractivity contribution in [2.45, 2.75) is 18.0 Å². The van der Waals surface area contributed by atoms with Crippen LogP contribution < -0.4 is 4.72 Å². The fourth-order valence-corrected chi connectivity index (χ4v) is 3.72. The molecule has 0 aromatic heterocycles. The van der Waals surface area contributed by atoms with Crippen molar-refractivity contribution in [3.8, 4) is 0 Å². The van der Waals surface area contributed by atoms with E-state index in [1.807, 2.05) is 4.72 Å². The van der Waals surface area contributed by atoms with Gasteiger partial charge in [0.25, 0.3) is 10.0 Å². The molecule has 0 aliphatic rings. The molecule has 0 fully saturated rings. The molecule has 10 heteroatoms. The zero-order chi connectivity index (χ0) is 19.7. The summed E-state index contributed by atoms with van der Waals surface area (Å²) in [4.78, 5) is 11.2. The summed E-state index contributed by atoms with van der Waals surface area (Å²) >= 11 is 5.58. The number of nitrogens with one attached hydrogen (secondary N) is 1. The lowest BCUT2D eigenvalue weighted by molar-refractivity contribution is -0.136. The maximum absolute atomic E-state index is 13.1. The highest BCUT2D eigenvalue weighted by Gasteiger charge is 2.35. The first-order valence-corrected chi connectivity index (χ1v) is 8.90. The molecule has 0 bridgehead atoms. The molecule has 0 aliphatic heterocycles. The molecule has 1 N–H and O–H groups in total. The van der Waals surface area contributed by atoms with Crippen LogP contribution in [-0.4, -0.2) is 21.5 Å². The summed E-state index contributed by atoms with van der Waals surface area (Å²) in [6, 6.07) is 6.30. The van der Waals surface area contributed by atoms with Gasteiger partial charge in [-0.3, -0.25) is 4.72 Å². The number of methoxy groups -OCH3 is 1. The van der Waals surface area contributed by atoms with Crippen LogP contribution in [0.4, 0.5) is 18.9 Å². The van der Waals surface area contributed by atoms with Gasteiger partial charge in [-0.05, 0) is 48.9 Å². The Morgan fingerprint density at radius 3 is 2.35 bits per heavy atom. The molecule has 0 heterocycles. The van der Waals surface area contributed by atoms with E-state index in [9.17, 15) is 26.4 Å². The number of benzene rings is 2. The molecule has 0 atom stereocenters. The minimum Gasteiger partial charge on any atom is -0.465 e. The van der Waals surface area contributed by atoms with Gasteiger partial charge in [-0.15, -0.1) is 0 Å². The van der Waals surface area contributed by atoms with E-state index in [0.29, 0.717) is 6.07 Å². The zero-order valence-electron chi connectivity index (χ0n) is 13.5. The van der Waals surface area contributed by atoms with E-state index in [4.69, 9.17) is 11.6 Å². The van der Waals surface area contributed by atoms with Crippen molar-refractivity contribution in [1.82, 2.24) is 0 Å². The van der Waals surface area contributed by atoms with Gasteiger partial charge >= 0.3 is 12.1 Å². The Hall–Kier alpha value is -2.26. The van der Waals surface area contributed by atoms with Gasteiger partial charge in [-0.1, -0.05) is 11.6 Å². The number of esters is 1. The molecule has 2 aromatic rings. The molecule has 2 aromatic carbocycles. The number of ether oxygens (including phenoxy) is 1. The van der Waals surface area contributed by atoms with Gasteiger partial charge in [0.2, 0.25) is 0 Å². The number of halogens is 4. The fourth-order valence-electron chi connectivity index (χ4n) is 2.24. The second-order valence-electron chi connectivity index (χ2n) is 5.27. The lowest BCUT2D eigenvalue weighted by Crippen LogP contribution is -2.18. The first-order chi connectivity index (χ1) is 12.0. The van der Waals surface area contributed by atoms with Crippen LogP contribution in [0.3, 0.4) is 0 Å². The molecule has 26 heavy (non-hydrogen) atoms. The van der Waals surface area contributed by atoms with Crippen molar-refractivity contribution in [2.24, 2.45) is 0 Å². The van der Waals surface area contributed by atoms with Gasteiger partial charge in [-0.2, -0.15) is 13.2 Å². The predicted octanol–water partition coefficient (Wildman–Crippen LogP) is 4.25. The van der Waals surface area contributed by atoms with Crippen molar-refractivity contribution < 1.29 is 31.1 Å². The molecule has 2 rings (SSSR count). The van der Waals surface area contributed by atoms with Crippen molar-refractivity contribution in [3.63, 3.8) is 0 Å². The molecule has 0 spiro atoms. The predicted molar refractivity (Wildman–Crippen MR) is 89.8 cm³/mol. The van der Waals surface area contributed by atoms with Gasteiger partial charge in [0.15, 0.2) is 0 Å². The summed E-state index contributed by atoms with van der Waals surface area (Å²) in [5.41, 5.74) is -1.58. The average molecular weight is 408 g/mol. The maximum Gasteiger partial charge on any atom is 0.418 e. The summed E-state index contributed by atoms with van der Waals surface area (Å²) in [7, 11) is -3.16. The summed E-state index contributed by atoms with van der Waals surface area (Å²) in [6.07, 6.45) is -4.80. The third-order valence-corrected chi connectivity index (χ3v) is 5.18. The van der Waals surface area contributed by atoms with Gasteiger partial charge < -0.3 is 4.74 Å². The number of sulfonamides is 1. The van der Waals surface area contributed by atoms with E-state index < -0.39 is 33.4 Å². The molecule has 0 saturated heterocycles. The summed E-state index contributed by atoms with van der Waals surface area (Å²) in [5, 5.41) is -0.182. The maximum atomic E-state index is 13.1. The van der Waals surface area contributed by atoms with Crippen LogP contribution in [0.2, 0.25) is 5.02 Å². The lowest BCUT2D eigenvalue weighted by atomic mass is 10.1. The first kappa shape index (κ1) is 20.1. The van der Waals surface area contributed by atoms with Crippen LogP contribution in [0.15, 0.2) is 41.3 Å². The Kier molecular flexibility index (Phi) is 5.52. The number of hydrogen-bond donors (Lipinski definition) is 1. The summed E-state index contributed by atoms with van der Waals surface area (Å²) < 4.78 is 70.8. The molecule has 5 nitrogen and oxygen atoms in total. The van der Waals surface area contributed by atoms with Crippen molar-refractivity contribution in [3.05, 3.63) is 58.1 Å². The van der Waals surface area contributed by atoms with Gasteiger partial charge in [0, 0.05) is 5.02 Å². The van der Waals surface area contributed by atoms with Gasteiger partial charge in [0.05, 0.1) is 28.8 Å². The standard InChI is InChI=1S/C16H13ClF3NO4S/c1-9-7-10(15(22)25-2)3-6-14(9)26(23,24)21-13-5-4-11(17)8-12(13)16(18,19)20/h3-8,21H,1-2H3. The van der Waals surface area contributed by atoms with E-state index in [0.717, 1.165) is 18.2 Å². The molecule has 0 unspecified atom stereocenters. The van der Waals surface area contributed by atoms with Crippen LogP contribution in [0.5, 0.6) is 0 Å². The summed E-state index contributed by atoms with van der Waals surface area (Å²) in [5.74, 6) is -0.665. The minimum atomic E-state index is -4.80. The molecular weight excluding hydrogens is 395 g/mol. The number of carbonyl (C=O) groups excluding carboxylic acids is 1. The molecule has 140 valence electrons. The number of anilines is 1. The first-order valence-electron chi connectivity index (χ1n) is 7.04. The second-order valence-corrected chi connectivity index (χ2v) is 7.35. The Bertz CT molecular complexity index is 958. The highest BCUT2D eigenvalue weighted by atomic mass is 35.5. The van der Waals surface area contributed by atoms with Crippen LogP contribution >= 0.6 is 11.6 Å². The van der Waals surface area contributed by atoms with Crippen molar-refractivity contribution >= 4 is 33.3 Å². The number of carbonyl (C=O) groups is 1. The topological polar surface area (TPSA) is 72.5 Å². The Morgan fingerprint density at radius 1 is 1.15 bits per heavy atom. The number of aryl methyl sites for hydroxylation is 1. The van der Waals surface area contributed by atoms with Crippen LogP contribution in [0.25, 0.3) is 0 Å². The number of hydrogen-bond acceptors (Lipinski definition) is 4. The third kappa shape index (κ3) is 4.28. The van der Waals surface area contributed by atoms with E-state index in [2.05, 4.69) is 4.74 Å². The third-order valence-electron chi connectivity index (χ3n) is 3.42. The van der Waals surface area contributed by atoms with E-state index in [1.54, 1.807) is 0 Å². The molecule has 0 amide bonds. The SMILES string of the molecule is COC(=O)c1ccc(S(=O)(=O)Nc2ccc(Cl)cc2C(F)(F)F)c(C)c1. The van der Waals surface area contributed by atoms with Gasteiger partial charge in [-0.25, -0.2) is 13.2 Å². The monoisotopic (exact) mass is 407 g/mol. The van der Waals surface area contributed by atoms with E-state index in [-0.39, 0.29) is 21.0 Å². The van der Waals surface area contributed by atoms with Crippen LogP contribution in [0.1, 0.15) is 21.5 Å². The van der Waals surface area contributed by atoms with E-state index >= 15 is 0 Å². The number of alkyl halides is 3. The highest BCUT2D eigenvalue weighted by Crippen LogP contribution is 2.37. The Labute approximate surface area is 152 Å². The average Bonchev–Trinajstić information content (AvgIpc) is 2.54. The molecule has 0 radical (unpaired) electrons. The van der Waals surface area contributed by atoms with E-state index in [1.165, 1.54) is 26.2 Å². The zero-order valence-corrected chi connectivity index (χ0v) is 15.1. The lowest BCUT2D eigenvalue weighted by Gasteiger charge is -2.16. The van der Waals surface area contributed by atoms with Crippen molar-refractivity contribution in [1.29, 1.82) is 0 Å². The fraction of sp³-hybridized carbons (Fsp3) is 0.188. The molecule has 0 aliphatic carbocycles. The Balaban J connectivity index is 2.46. The summed E-state index contributed by atoms with van der Waals surface area (Å²) in [6.45, 7) is 1.41. The van der Waals surface area contributed by atoms with Crippen molar-refractivity contribution in [2.75, 3.05) is 11.8 Å². The second kappa shape index (κ2) is 7.16. The van der Waals surface area contributed by atoms with Crippen LogP contribution in [0, 0.1) is 6.92 Å². The Morgan fingerprint density at radius 2 is 1.81 bits per heavy atom. The van der Waals surface area contributed by atoms with Crippen LogP contribution in [-0.2, 0) is 20.9 Å².